The molecule has 0 saturated heterocycles. The lowest BCUT2D eigenvalue weighted by molar-refractivity contribution is -0.134. The lowest BCUT2D eigenvalue weighted by Crippen LogP contribution is -2.43. The largest absolute Gasteiger partial charge is 0.352 e. The highest BCUT2D eigenvalue weighted by Crippen LogP contribution is 2.23. The molecule has 1 amide bonds. The van der Waals surface area contributed by atoms with E-state index in [0.717, 1.165) is 38.5 Å². The standard InChI is InChI=1S/C16H22N2O2/c17-11-14(15(19)12-7-3-1-4-8-12)16(20)18-13-9-5-2-6-10-13/h1,3,12-14H,2,4-10H2,(H,18,20)/t12-,14-/m0/s1. The smallest absolute Gasteiger partial charge is 0.245 e. The van der Waals surface area contributed by atoms with Crippen molar-refractivity contribution >= 4 is 11.7 Å². The Hall–Kier alpha value is -1.63. The van der Waals surface area contributed by atoms with Gasteiger partial charge in [-0.3, -0.25) is 9.59 Å². The topological polar surface area (TPSA) is 70.0 Å². The van der Waals surface area contributed by atoms with Crippen LogP contribution >= 0.6 is 0 Å². The van der Waals surface area contributed by atoms with Gasteiger partial charge in [0.15, 0.2) is 11.7 Å². The van der Waals surface area contributed by atoms with Gasteiger partial charge in [-0.2, -0.15) is 5.26 Å². The molecule has 0 aromatic heterocycles. The minimum atomic E-state index is -1.13. The lowest BCUT2D eigenvalue weighted by atomic mass is 9.84. The minimum Gasteiger partial charge on any atom is -0.352 e. The number of hydrogen-bond donors (Lipinski definition) is 1. The summed E-state index contributed by atoms with van der Waals surface area (Å²) in [5.41, 5.74) is 0. The molecule has 1 saturated carbocycles. The predicted octanol–water partition coefficient (Wildman–Crippen LogP) is 2.50. The molecule has 4 nitrogen and oxygen atoms in total. The number of carbonyl (C=O) groups excluding carboxylic acids is 2. The van der Waals surface area contributed by atoms with Crippen molar-refractivity contribution in [2.45, 2.75) is 57.4 Å². The van der Waals surface area contributed by atoms with Crippen LogP contribution in [0.5, 0.6) is 0 Å². The zero-order valence-corrected chi connectivity index (χ0v) is 11.8. The molecule has 2 aliphatic rings. The van der Waals surface area contributed by atoms with Gasteiger partial charge in [-0.15, -0.1) is 0 Å². The second-order valence-electron chi connectivity index (χ2n) is 5.79. The van der Waals surface area contributed by atoms with Crippen LogP contribution in [0.4, 0.5) is 0 Å². The fraction of sp³-hybridized carbons (Fsp3) is 0.688. The molecule has 0 aromatic rings. The first kappa shape index (κ1) is 14.8. The second-order valence-corrected chi connectivity index (χ2v) is 5.79. The van der Waals surface area contributed by atoms with Crippen molar-refractivity contribution in [1.29, 1.82) is 5.26 Å². The predicted molar refractivity (Wildman–Crippen MR) is 75.6 cm³/mol. The quantitative estimate of drug-likeness (QED) is 0.632. The van der Waals surface area contributed by atoms with E-state index in [1.54, 1.807) is 0 Å². The maximum Gasteiger partial charge on any atom is 0.245 e. The van der Waals surface area contributed by atoms with E-state index in [1.807, 2.05) is 18.2 Å². The van der Waals surface area contributed by atoms with Crippen molar-refractivity contribution in [2.24, 2.45) is 11.8 Å². The summed E-state index contributed by atoms with van der Waals surface area (Å²) in [6.45, 7) is 0. The van der Waals surface area contributed by atoms with E-state index in [-0.39, 0.29) is 23.7 Å². The Kier molecular flexibility index (Phi) is 5.34. The molecule has 1 fully saturated rings. The minimum absolute atomic E-state index is 0.145. The fourth-order valence-corrected chi connectivity index (χ4v) is 3.07. The zero-order chi connectivity index (χ0) is 14.4. The number of nitriles is 1. The summed E-state index contributed by atoms with van der Waals surface area (Å²) in [6.07, 6.45) is 11.7. The number of allylic oxidation sites excluding steroid dienone is 2. The van der Waals surface area contributed by atoms with Crippen LogP contribution in [0.25, 0.3) is 0 Å². The lowest BCUT2D eigenvalue weighted by Gasteiger charge is -2.25. The average molecular weight is 274 g/mol. The molecule has 4 heteroatoms. The molecule has 0 unspecified atom stereocenters. The van der Waals surface area contributed by atoms with Crippen LogP contribution in [0.3, 0.4) is 0 Å². The van der Waals surface area contributed by atoms with Crippen LogP contribution in [0.2, 0.25) is 0 Å². The Morgan fingerprint density at radius 3 is 2.50 bits per heavy atom. The van der Waals surface area contributed by atoms with Gasteiger partial charge in [0.2, 0.25) is 5.91 Å². The average Bonchev–Trinajstić information content (AvgIpc) is 2.49. The molecule has 2 atom stereocenters. The van der Waals surface area contributed by atoms with Gasteiger partial charge >= 0.3 is 0 Å². The molecule has 0 aliphatic heterocycles. The van der Waals surface area contributed by atoms with E-state index in [1.165, 1.54) is 6.42 Å². The molecule has 108 valence electrons. The molecule has 2 aliphatic carbocycles. The number of carbonyl (C=O) groups is 2. The number of hydrogen-bond acceptors (Lipinski definition) is 3. The van der Waals surface area contributed by atoms with Crippen molar-refractivity contribution in [1.82, 2.24) is 5.32 Å². The highest BCUT2D eigenvalue weighted by molar-refractivity contribution is 6.05. The third-order valence-corrected chi connectivity index (χ3v) is 4.30. The van der Waals surface area contributed by atoms with Crippen LogP contribution in [-0.4, -0.2) is 17.7 Å². The van der Waals surface area contributed by atoms with E-state index in [4.69, 9.17) is 0 Å². The summed E-state index contributed by atoms with van der Waals surface area (Å²) in [5.74, 6) is -1.89. The first-order chi connectivity index (χ1) is 9.72. The van der Waals surface area contributed by atoms with Crippen molar-refractivity contribution in [3.8, 4) is 6.07 Å². The second kappa shape index (κ2) is 7.23. The Bertz CT molecular complexity index is 430. The summed E-state index contributed by atoms with van der Waals surface area (Å²) in [5, 5.41) is 12.1. The Morgan fingerprint density at radius 2 is 1.90 bits per heavy atom. The summed E-state index contributed by atoms with van der Waals surface area (Å²) in [4.78, 5) is 24.4. The van der Waals surface area contributed by atoms with Gasteiger partial charge in [-0.05, 0) is 32.1 Å². The Labute approximate surface area is 120 Å². The van der Waals surface area contributed by atoms with Crippen LogP contribution in [0.1, 0.15) is 51.4 Å². The molecular weight excluding hydrogens is 252 g/mol. The molecule has 1 N–H and O–H groups in total. The van der Waals surface area contributed by atoms with Gasteiger partial charge < -0.3 is 5.32 Å². The maximum absolute atomic E-state index is 12.3. The van der Waals surface area contributed by atoms with Gasteiger partial charge in [0, 0.05) is 12.0 Å². The van der Waals surface area contributed by atoms with Gasteiger partial charge in [-0.1, -0.05) is 31.4 Å². The first-order valence-corrected chi connectivity index (χ1v) is 7.61. The normalized spacial score (nSPS) is 24.6. The Balaban J connectivity index is 1.92. The molecular formula is C16H22N2O2. The van der Waals surface area contributed by atoms with E-state index in [0.29, 0.717) is 6.42 Å². The summed E-state index contributed by atoms with van der Waals surface area (Å²) < 4.78 is 0. The number of rotatable bonds is 4. The van der Waals surface area contributed by atoms with Crippen molar-refractivity contribution in [3.63, 3.8) is 0 Å². The summed E-state index contributed by atoms with van der Waals surface area (Å²) in [6, 6.07) is 2.05. The fourth-order valence-electron chi connectivity index (χ4n) is 3.07. The maximum atomic E-state index is 12.3. The molecule has 0 bridgehead atoms. The molecule has 0 aromatic carbocycles. The van der Waals surface area contributed by atoms with Crippen molar-refractivity contribution < 1.29 is 9.59 Å². The van der Waals surface area contributed by atoms with Gasteiger partial charge in [0.25, 0.3) is 0 Å². The molecule has 0 spiro atoms. The number of Topliss-reactive ketones (excluding diaryl/α,β-unsaturated/α-hetero) is 1. The number of nitrogens with one attached hydrogen (secondary N) is 1. The SMILES string of the molecule is N#C[C@H](C(=O)NC1CCCCC1)C(=O)[C@H]1CC=CCC1. The van der Waals surface area contributed by atoms with Crippen molar-refractivity contribution in [2.75, 3.05) is 0 Å². The monoisotopic (exact) mass is 274 g/mol. The zero-order valence-electron chi connectivity index (χ0n) is 11.8. The molecule has 2 rings (SSSR count). The van der Waals surface area contributed by atoms with E-state index in [9.17, 15) is 14.9 Å². The number of amides is 1. The van der Waals surface area contributed by atoms with Crippen LogP contribution in [-0.2, 0) is 9.59 Å². The van der Waals surface area contributed by atoms with Crippen LogP contribution in [0.15, 0.2) is 12.2 Å². The van der Waals surface area contributed by atoms with E-state index in [2.05, 4.69) is 5.32 Å². The van der Waals surface area contributed by atoms with Crippen LogP contribution < -0.4 is 5.32 Å². The highest BCUT2D eigenvalue weighted by Gasteiger charge is 2.33. The van der Waals surface area contributed by atoms with Gasteiger partial charge in [0.05, 0.1) is 6.07 Å². The summed E-state index contributed by atoms with van der Waals surface area (Å²) in [7, 11) is 0. The Morgan fingerprint density at radius 1 is 1.15 bits per heavy atom. The number of ketones is 1. The van der Waals surface area contributed by atoms with E-state index < -0.39 is 5.92 Å². The number of nitrogens with zero attached hydrogens (tertiary/aromatic N) is 1. The van der Waals surface area contributed by atoms with Gasteiger partial charge in [-0.25, -0.2) is 0 Å². The third kappa shape index (κ3) is 3.69. The highest BCUT2D eigenvalue weighted by atomic mass is 16.2. The van der Waals surface area contributed by atoms with Crippen LogP contribution in [0, 0.1) is 23.2 Å². The molecule has 0 radical (unpaired) electrons. The van der Waals surface area contributed by atoms with Gasteiger partial charge in [0.1, 0.15) is 0 Å². The van der Waals surface area contributed by atoms with Crippen molar-refractivity contribution in [3.05, 3.63) is 12.2 Å². The summed E-state index contributed by atoms with van der Waals surface area (Å²) >= 11 is 0. The van der Waals surface area contributed by atoms with E-state index >= 15 is 0 Å². The first-order valence-electron chi connectivity index (χ1n) is 7.61. The molecule has 0 heterocycles. The third-order valence-electron chi connectivity index (χ3n) is 4.30. The molecule has 20 heavy (non-hydrogen) atoms.